The molecule has 1 unspecified atom stereocenters. The van der Waals surface area contributed by atoms with Crippen LogP contribution in [-0.4, -0.2) is 26.5 Å². The molecular weight excluding hydrogens is 246 g/mol. The van der Waals surface area contributed by atoms with Crippen molar-refractivity contribution >= 4 is 9.84 Å². The smallest absolute Gasteiger partial charge is 0.150 e. The zero-order valence-electron chi connectivity index (χ0n) is 11.0. The molecule has 1 aromatic rings. The third-order valence-electron chi connectivity index (χ3n) is 3.21. The zero-order valence-corrected chi connectivity index (χ0v) is 11.8. The van der Waals surface area contributed by atoms with E-state index >= 15 is 0 Å². The van der Waals surface area contributed by atoms with Crippen molar-refractivity contribution in [3.63, 3.8) is 0 Å². The van der Waals surface area contributed by atoms with Crippen LogP contribution in [0.3, 0.4) is 0 Å². The van der Waals surface area contributed by atoms with Crippen molar-refractivity contribution in [1.29, 1.82) is 0 Å². The second-order valence-electron chi connectivity index (χ2n) is 4.67. The van der Waals surface area contributed by atoms with Crippen LogP contribution >= 0.6 is 0 Å². The highest BCUT2D eigenvalue weighted by Gasteiger charge is 2.11. The summed E-state index contributed by atoms with van der Waals surface area (Å²) in [5.41, 5.74) is 7.02. The molecule has 1 atom stereocenters. The highest BCUT2D eigenvalue weighted by atomic mass is 32.2. The van der Waals surface area contributed by atoms with Crippen molar-refractivity contribution in [2.45, 2.75) is 26.2 Å². The quantitative estimate of drug-likeness (QED) is 0.785. The van der Waals surface area contributed by atoms with E-state index in [1.54, 1.807) is 6.92 Å². The SMILES string of the molecule is CCS(=O)(=O)CCCC(CN)Cc1ccccc1. The molecule has 0 aromatic heterocycles. The molecule has 102 valence electrons. The molecule has 0 aliphatic carbocycles. The van der Waals surface area contributed by atoms with Gasteiger partial charge in [-0.1, -0.05) is 37.3 Å². The minimum absolute atomic E-state index is 0.235. The monoisotopic (exact) mass is 269 g/mol. The summed E-state index contributed by atoms with van der Waals surface area (Å²) >= 11 is 0. The molecule has 0 saturated carbocycles. The lowest BCUT2D eigenvalue weighted by molar-refractivity contribution is 0.485. The fraction of sp³-hybridized carbons (Fsp3) is 0.571. The Morgan fingerprint density at radius 3 is 2.44 bits per heavy atom. The van der Waals surface area contributed by atoms with E-state index in [4.69, 9.17) is 5.73 Å². The first-order valence-corrected chi connectivity index (χ1v) is 8.34. The fourth-order valence-corrected chi connectivity index (χ4v) is 2.88. The molecule has 18 heavy (non-hydrogen) atoms. The number of hydrogen-bond donors (Lipinski definition) is 1. The van der Waals surface area contributed by atoms with Crippen LogP contribution in [0, 0.1) is 5.92 Å². The fourth-order valence-electron chi connectivity index (χ4n) is 1.99. The largest absolute Gasteiger partial charge is 0.330 e. The molecule has 0 fully saturated rings. The summed E-state index contributed by atoms with van der Waals surface area (Å²) in [6, 6.07) is 10.2. The van der Waals surface area contributed by atoms with Gasteiger partial charge in [-0.05, 0) is 37.3 Å². The predicted molar refractivity (Wildman–Crippen MR) is 76.3 cm³/mol. The minimum Gasteiger partial charge on any atom is -0.330 e. The molecule has 0 heterocycles. The van der Waals surface area contributed by atoms with E-state index in [1.165, 1.54) is 5.56 Å². The molecule has 2 N–H and O–H groups in total. The molecule has 0 aliphatic heterocycles. The normalized spacial score (nSPS) is 13.4. The minimum atomic E-state index is -2.84. The maximum Gasteiger partial charge on any atom is 0.150 e. The van der Waals surface area contributed by atoms with Gasteiger partial charge in [-0.2, -0.15) is 0 Å². The zero-order chi connectivity index (χ0) is 13.4. The Morgan fingerprint density at radius 2 is 1.89 bits per heavy atom. The third kappa shape index (κ3) is 5.65. The van der Waals surface area contributed by atoms with Crippen molar-refractivity contribution in [3.8, 4) is 0 Å². The third-order valence-corrected chi connectivity index (χ3v) is 5.00. The molecule has 0 radical (unpaired) electrons. The van der Waals surface area contributed by atoms with Crippen molar-refractivity contribution < 1.29 is 8.42 Å². The average Bonchev–Trinajstić information content (AvgIpc) is 2.38. The summed E-state index contributed by atoms with van der Waals surface area (Å²) in [6.45, 7) is 2.31. The van der Waals surface area contributed by atoms with Gasteiger partial charge in [-0.25, -0.2) is 8.42 Å². The summed E-state index contributed by atoms with van der Waals surface area (Å²) in [7, 11) is -2.84. The average molecular weight is 269 g/mol. The van der Waals surface area contributed by atoms with E-state index in [2.05, 4.69) is 12.1 Å². The maximum atomic E-state index is 11.4. The van der Waals surface area contributed by atoms with Crippen LogP contribution in [0.15, 0.2) is 30.3 Å². The van der Waals surface area contributed by atoms with Crippen molar-refractivity contribution in [1.82, 2.24) is 0 Å². The maximum absolute atomic E-state index is 11.4. The molecule has 0 saturated heterocycles. The van der Waals surface area contributed by atoms with Crippen LogP contribution in [0.4, 0.5) is 0 Å². The first kappa shape index (κ1) is 15.2. The second-order valence-corrected chi connectivity index (χ2v) is 7.14. The van der Waals surface area contributed by atoms with Gasteiger partial charge < -0.3 is 5.73 Å². The van der Waals surface area contributed by atoms with Gasteiger partial charge in [0.05, 0.1) is 5.75 Å². The molecule has 1 aromatic carbocycles. The van der Waals surface area contributed by atoms with Gasteiger partial charge in [0.1, 0.15) is 9.84 Å². The molecule has 0 bridgehead atoms. The Balaban J connectivity index is 2.39. The Kier molecular flexibility index (Phi) is 6.36. The van der Waals surface area contributed by atoms with E-state index in [-0.39, 0.29) is 11.5 Å². The van der Waals surface area contributed by atoms with Gasteiger partial charge in [0.15, 0.2) is 0 Å². The Labute approximate surface area is 110 Å². The first-order chi connectivity index (χ1) is 8.57. The van der Waals surface area contributed by atoms with Crippen LogP contribution in [0.25, 0.3) is 0 Å². The summed E-state index contributed by atoms with van der Waals surface area (Å²) in [6.07, 6.45) is 2.53. The standard InChI is InChI=1S/C14H23NO2S/c1-2-18(16,17)10-6-9-14(12-15)11-13-7-4-3-5-8-13/h3-5,7-8,14H,2,6,9-12,15H2,1H3. The number of sulfone groups is 1. The van der Waals surface area contributed by atoms with Crippen LogP contribution in [0.2, 0.25) is 0 Å². The van der Waals surface area contributed by atoms with E-state index in [1.807, 2.05) is 18.2 Å². The lowest BCUT2D eigenvalue weighted by Gasteiger charge is -2.14. The van der Waals surface area contributed by atoms with Gasteiger partial charge in [0, 0.05) is 5.75 Å². The molecule has 1 rings (SSSR count). The second kappa shape index (κ2) is 7.54. The molecule has 0 spiro atoms. The lowest BCUT2D eigenvalue weighted by Crippen LogP contribution is -2.18. The van der Waals surface area contributed by atoms with Gasteiger partial charge >= 0.3 is 0 Å². The predicted octanol–water partition coefficient (Wildman–Crippen LogP) is 2.02. The van der Waals surface area contributed by atoms with Crippen LogP contribution in [-0.2, 0) is 16.3 Å². The Hall–Kier alpha value is -0.870. The topological polar surface area (TPSA) is 60.2 Å². The van der Waals surface area contributed by atoms with Crippen molar-refractivity contribution in [2.75, 3.05) is 18.1 Å². The molecular formula is C14H23NO2S. The Morgan fingerprint density at radius 1 is 1.22 bits per heavy atom. The number of rotatable bonds is 8. The highest BCUT2D eigenvalue weighted by Crippen LogP contribution is 2.14. The van der Waals surface area contributed by atoms with Gasteiger partial charge in [0.2, 0.25) is 0 Å². The summed E-state index contributed by atoms with van der Waals surface area (Å²) < 4.78 is 22.8. The molecule has 0 aliphatic rings. The van der Waals surface area contributed by atoms with E-state index in [9.17, 15) is 8.42 Å². The molecule has 0 amide bonds. The molecule has 4 heteroatoms. The Bertz CT molecular complexity index is 428. The van der Waals surface area contributed by atoms with Crippen molar-refractivity contribution in [3.05, 3.63) is 35.9 Å². The van der Waals surface area contributed by atoms with Crippen molar-refractivity contribution in [2.24, 2.45) is 11.7 Å². The highest BCUT2D eigenvalue weighted by molar-refractivity contribution is 7.91. The first-order valence-electron chi connectivity index (χ1n) is 6.52. The van der Waals surface area contributed by atoms with E-state index in [0.29, 0.717) is 18.9 Å². The summed E-state index contributed by atoms with van der Waals surface area (Å²) in [5.74, 6) is 0.896. The van der Waals surface area contributed by atoms with Crippen LogP contribution in [0.1, 0.15) is 25.3 Å². The van der Waals surface area contributed by atoms with Gasteiger partial charge in [-0.3, -0.25) is 0 Å². The summed E-state index contributed by atoms with van der Waals surface area (Å²) in [4.78, 5) is 0. The van der Waals surface area contributed by atoms with E-state index < -0.39 is 9.84 Å². The van der Waals surface area contributed by atoms with Gasteiger partial charge in [-0.15, -0.1) is 0 Å². The number of nitrogens with two attached hydrogens (primary N) is 1. The number of benzene rings is 1. The van der Waals surface area contributed by atoms with E-state index in [0.717, 1.165) is 12.8 Å². The molecule has 3 nitrogen and oxygen atoms in total. The van der Waals surface area contributed by atoms with Crippen LogP contribution < -0.4 is 5.73 Å². The van der Waals surface area contributed by atoms with Crippen LogP contribution in [0.5, 0.6) is 0 Å². The van der Waals surface area contributed by atoms with Gasteiger partial charge in [0.25, 0.3) is 0 Å². The summed E-state index contributed by atoms with van der Waals surface area (Å²) in [5, 5.41) is 0. The lowest BCUT2D eigenvalue weighted by atomic mass is 9.95. The number of hydrogen-bond acceptors (Lipinski definition) is 3.